The molecule has 0 spiro atoms. The van der Waals surface area contributed by atoms with E-state index in [0.29, 0.717) is 11.8 Å². The molecule has 0 saturated heterocycles. The number of aryl methyl sites for hydroxylation is 1. The van der Waals surface area contributed by atoms with Crippen LogP contribution in [0, 0.1) is 12.8 Å². The summed E-state index contributed by atoms with van der Waals surface area (Å²) >= 11 is 0. The molecule has 0 atom stereocenters. The summed E-state index contributed by atoms with van der Waals surface area (Å²) in [7, 11) is 0. The van der Waals surface area contributed by atoms with E-state index in [1.165, 1.54) is 117 Å². The molecule has 77 heavy (non-hydrogen) atoms. The third kappa shape index (κ3) is 7.40. The number of fused-ring (bicyclic) bond motifs is 6. The van der Waals surface area contributed by atoms with Crippen molar-refractivity contribution in [2.45, 2.75) is 77.0 Å². The number of para-hydroxylation sites is 4. The maximum Gasteiger partial charge on any atom is 0.159 e. The van der Waals surface area contributed by atoms with Gasteiger partial charge in [-0.3, -0.25) is 0 Å². The SMILES string of the molecule is C=C(c1oc2c(N(c3ccccc3)c3ccc4ccc5c(N(c6ccccc6)c6cccc7c6oc6c(C8CCCCC8)cc8ccccc8c67)ccc6ccc3c4c65)cccc2c1-c1ccccc1C)C1CCCCC1. The highest BCUT2D eigenvalue weighted by Crippen LogP contribution is 2.53. The minimum absolute atomic E-state index is 0.395. The molecule has 11 aromatic carbocycles. The number of hydrogen-bond donors (Lipinski definition) is 0. The van der Waals surface area contributed by atoms with Crippen molar-refractivity contribution in [2.75, 3.05) is 9.80 Å². The monoisotopic (exact) mass is 996 g/mol. The highest BCUT2D eigenvalue weighted by molar-refractivity contribution is 6.29. The Morgan fingerprint density at radius 3 is 1.58 bits per heavy atom. The second-order valence-corrected chi connectivity index (χ2v) is 22.1. The molecule has 374 valence electrons. The molecule has 2 aromatic heterocycles. The lowest BCUT2D eigenvalue weighted by atomic mass is 9.82. The zero-order chi connectivity index (χ0) is 51.1. The van der Waals surface area contributed by atoms with E-state index < -0.39 is 0 Å². The second kappa shape index (κ2) is 18.6. The third-order valence-corrected chi connectivity index (χ3v) is 17.7. The molecule has 0 amide bonds. The van der Waals surface area contributed by atoms with Crippen molar-refractivity contribution in [3.05, 3.63) is 224 Å². The van der Waals surface area contributed by atoms with Gasteiger partial charge in [-0.15, -0.1) is 0 Å². The van der Waals surface area contributed by atoms with Crippen LogP contribution in [-0.4, -0.2) is 0 Å². The van der Waals surface area contributed by atoms with Gasteiger partial charge in [-0.2, -0.15) is 0 Å². The highest BCUT2D eigenvalue weighted by Gasteiger charge is 2.31. The molecular weight excluding hydrogens is 937 g/mol. The molecular formula is C73H60N2O2. The Morgan fingerprint density at radius 2 is 0.948 bits per heavy atom. The summed E-state index contributed by atoms with van der Waals surface area (Å²) in [6.07, 6.45) is 12.3. The van der Waals surface area contributed by atoms with Crippen LogP contribution >= 0.6 is 0 Å². The summed E-state index contributed by atoms with van der Waals surface area (Å²) in [4.78, 5) is 4.87. The smallest absolute Gasteiger partial charge is 0.159 e. The van der Waals surface area contributed by atoms with Crippen LogP contribution in [0.5, 0.6) is 0 Å². The van der Waals surface area contributed by atoms with E-state index in [9.17, 15) is 0 Å². The van der Waals surface area contributed by atoms with Gasteiger partial charge in [-0.05, 0) is 154 Å². The van der Waals surface area contributed by atoms with Crippen LogP contribution in [0.1, 0.15) is 87.0 Å². The lowest BCUT2D eigenvalue weighted by Crippen LogP contribution is -2.11. The predicted molar refractivity (Wildman–Crippen MR) is 326 cm³/mol. The van der Waals surface area contributed by atoms with Gasteiger partial charge in [-0.25, -0.2) is 0 Å². The molecule has 0 aliphatic heterocycles. The van der Waals surface area contributed by atoms with Crippen LogP contribution < -0.4 is 9.80 Å². The summed E-state index contributed by atoms with van der Waals surface area (Å²) in [5.74, 6) is 1.80. The summed E-state index contributed by atoms with van der Waals surface area (Å²) in [6.45, 7) is 7.05. The molecule has 13 aromatic rings. The molecule has 0 bridgehead atoms. The first-order chi connectivity index (χ1) is 38.1. The number of allylic oxidation sites excluding steroid dienone is 1. The first kappa shape index (κ1) is 45.8. The van der Waals surface area contributed by atoms with Gasteiger partial charge in [0, 0.05) is 43.9 Å². The van der Waals surface area contributed by atoms with Crippen molar-refractivity contribution in [3.63, 3.8) is 0 Å². The van der Waals surface area contributed by atoms with Crippen LogP contribution in [0.15, 0.2) is 216 Å². The zero-order valence-electron chi connectivity index (χ0n) is 43.7. The average Bonchev–Trinajstić information content (AvgIpc) is 4.14. The van der Waals surface area contributed by atoms with Crippen molar-refractivity contribution >= 4 is 116 Å². The van der Waals surface area contributed by atoms with Crippen LogP contribution in [-0.2, 0) is 0 Å². The van der Waals surface area contributed by atoms with E-state index >= 15 is 0 Å². The highest BCUT2D eigenvalue weighted by atomic mass is 16.3. The number of hydrogen-bond acceptors (Lipinski definition) is 4. The maximum atomic E-state index is 7.41. The van der Waals surface area contributed by atoms with Crippen molar-refractivity contribution in [1.82, 2.24) is 0 Å². The quantitative estimate of drug-likeness (QED) is 0.128. The lowest BCUT2D eigenvalue weighted by Gasteiger charge is -2.29. The van der Waals surface area contributed by atoms with E-state index in [1.54, 1.807) is 0 Å². The Balaban J connectivity index is 0.951. The van der Waals surface area contributed by atoms with Gasteiger partial charge in [0.2, 0.25) is 0 Å². The van der Waals surface area contributed by atoms with Gasteiger partial charge in [-0.1, -0.05) is 191 Å². The molecule has 15 rings (SSSR count). The minimum Gasteiger partial charge on any atom is -0.454 e. The molecule has 2 fully saturated rings. The number of rotatable bonds is 10. The van der Waals surface area contributed by atoms with Gasteiger partial charge in [0.25, 0.3) is 0 Å². The fourth-order valence-electron chi connectivity index (χ4n) is 13.9. The molecule has 4 nitrogen and oxygen atoms in total. The van der Waals surface area contributed by atoms with Gasteiger partial charge >= 0.3 is 0 Å². The molecule has 0 N–H and O–H groups in total. The Labute approximate surface area is 449 Å². The summed E-state index contributed by atoms with van der Waals surface area (Å²) in [6, 6.07) is 73.8. The largest absolute Gasteiger partial charge is 0.454 e. The van der Waals surface area contributed by atoms with Gasteiger partial charge in [0.05, 0.1) is 22.7 Å². The minimum atomic E-state index is 0.395. The standard InChI is InChI=1S/C73H60N2O2/c1-46-21-15-17-31-55(46)68-59-33-19-35-64(71(59)76-70(68)47(2)48-22-7-3-8-23-48)74(53-27-11-5-12-28-53)62-43-39-50-38-42-58-63(44-40-51-37-41-57(62)66(50)67(51)58)75(54-29-13-6-14-30-54)65-36-20-34-60-69-56-32-18-16-26-52(56)45-61(73(69)77-72(60)65)49-24-9-4-10-25-49/h5-6,11-21,26-45,48-49H,2-4,7-10,22-25H2,1H3. The second-order valence-electron chi connectivity index (χ2n) is 22.1. The zero-order valence-corrected chi connectivity index (χ0v) is 43.7. The molecule has 0 unspecified atom stereocenters. The number of nitrogens with zero attached hydrogens (tertiary/aromatic N) is 2. The number of furan rings is 2. The van der Waals surface area contributed by atoms with Crippen LogP contribution in [0.3, 0.4) is 0 Å². The fraction of sp³-hybridized carbons (Fsp3) is 0.178. The van der Waals surface area contributed by atoms with Crippen LogP contribution in [0.4, 0.5) is 34.1 Å². The van der Waals surface area contributed by atoms with Gasteiger partial charge in [0.1, 0.15) is 11.3 Å². The molecule has 2 heterocycles. The summed E-state index contributed by atoms with van der Waals surface area (Å²) in [5.41, 5.74) is 15.2. The van der Waals surface area contributed by atoms with Crippen molar-refractivity contribution < 1.29 is 8.83 Å². The summed E-state index contributed by atoms with van der Waals surface area (Å²) < 4.78 is 14.8. The summed E-state index contributed by atoms with van der Waals surface area (Å²) in [5, 5.41) is 13.2. The number of anilines is 6. The number of benzene rings is 11. The first-order valence-electron chi connectivity index (χ1n) is 28.2. The fourth-order valence-corrected chi connectivity index (χ4v) is 13.9. The molecule has 0 radical (unpaired) electrons. The Kier molecular flexibility index (Phi) is 11.1. The molecule has 2 aliphatic rings. The van der Waals surface area contributed by atoms with Crippen molar-refractivity contribution in [1.29, 1.82) is 0 Å². The van der Waals surface area contributed by atoms with E-state index in [-0.39, 0.29) is 0 Å². The van der Waals surface area contributed by atoms with Gasteiger partial charge in [0.15, 0.2) is 11.2 Å². The maximum absolute atomic E-state index is 7.41. The Morgan fingerprint density at radius 1 is 0.416 bits per heavy atom. The lowest BCUT2D eigenvalue weighted by molar-refractivity contribution is 0.423. The van der Waals surface area contributed by atoms with Crippen molar-refractivity contribution in [3.8, 4) is 11.1 Å². The van der Waals surface area contributed by atoms with E-state index in [0.717, 1.165) is 91.4 Å². The van der Waals surface area contributed by atoms with Crippen LogP contribution in [0.2, 0.25) is 0 Å². The average molecular weight is 997 g/mol. The predicted octanol–water partition coefficient (Wildman–Crippen LogP) is 21.9. The third-order valence-electron chi connectivity index (χ3n) is 17.7. The van der Waals surface area contributed by atoms with E-state index in [1.807, 2.05) is 0 Å². The van der Waals surface area contributed by atoms with Gasteiger partial charge < -0.3 is 18.6 Å². The normalized spacial score (nSPS) is 14.8. The van der Waals surface area contributed by atoms with E-state index in [2.05, 4.69) is 217 Å². The Hall–Kier alpha value is -8.60. The molecule has 4 heteroatoms. The van der Waals surface area contributed by atoms with Crippen LogP contribution in [0.25, 0.3) is 92.7 Å². The van der Waals surface area contributed by atoms with E-state index in [4.69, 9.17) is 15.4 Å². The van der Waals surface area contributed by atoms with Crippen molar-refractivity contribution in [2.24, 2.45) is 5.92 Å². The topological polar surface area (TPSA) is 32.8 Å². The first-order valence-corrected chi connectivity index (χ1v) is 28.2. The Bertz CT molecular complexity index is 4400. The molecule has 2 aliphatic carbocycles. The molecule has 2 saturated carbocycles.